The molecule has 0 spiro atoms. The largest absolute Gasteiger partial charge is 0.442 e. The van der Waals surface area contributed by atoms with E-state index in [0.717, 1.165) is 25.2 Å². The fourth-order valence-corrected chi connectivity index (χ4v) is 3.48. The van der Waals surface area contributed by atoms with Crippen molar-refractivity contribution in [2.24, 2.45) is 0 Å². The SMILES string of the molecule is O=C1O[C@H]2CN(Cc3ccccc3)C[C@H]2N1CC#Cc1ccccc1. The van der Waals surface area contributed by atoms with Crippen LogP contribution in [-0.2, 0) is 11.3 Å². The van der Waals surface area contributed by atoms with Gasteiger partial charge in [0.05, 0.1) is 12.6 Å². The first kappa shape index (κ1) is 15.7. The Hall–Kier alpha value is -2.77. The molecule has 2 aliphatic rings. The molecule has 4 nitrogen and oxygen atoms in total. The second kappa shape index (κ2) is 7.00. The average Bonchev–Trinajstić information content (AvgIpc) is 3.14. The van der Waals surface area contributed by atoms with Crippen LogP contribution < -0.4 is 0 Å². The molecule has 0 bridgehead atoms. The molecule has 2 saturated heterocycles. The second-order valence-electron chi connectivity index (χ2n) is 6.46. The van der Waals surface area contributed by atoms with Crippen molar-refractivity contribution in [1.82, 2.24) is 9.80 Å². The summed E-state index contributed by atoms with van der Waals surface area (Å²) in [4.78, 5) is 16.2. The van der Waals surface area contributed by atoms with Gasteiger partial charge in [-0.3, -0.25) is 9.80 Å². The Balaban J connectivity index is 1.39. The zero-order chi connectivity index (χ0) is 17.1. The summed E-state index contributed by atoms with van der Waals surface area (Å²) in [6, 6.07) is 20.3. The van der Waals surface area contributed by atoms with Crippen LogP contribution in [0.15, 0.2) is 60.7 Å². The molecule has 2 aliphatic heterocycles. The van der Waals surface area contributed by atoms with Crippen LogP contribution >= 0.6 is 0 Å². The molecule has 4 rings (SSSR count). The molecular weight excluding hydrogens is 312 g/mol. The van der Waals surface area contributed by atoms with Gasteiger partial charge in [0.1, 0.15) is 6.10 Å². The molecule has 2 heterocycles. The molecule has 0 aromatic heterocycles. The number of carbonyl (C=O) groups excluding carboxylic acids is 1. The van der Waals surface area contributed by atoms with Crippen molar-refractivity contribution in [1.29, 1.82) is 0 Å². The number of rotatable bonds is 3. The van der Waals surface area contributed by atoms with Gasteiger partial charge in [-0.25, -0.2) is 4.79 Å². The van der Waals surface area contributed by atoms with Gasteiger partial charge in [-0.15, -0.1) is 0 Å². The summed E-state index contributed by atoms with van der Waals surface area (Å²) >= 11 is 0. The van der Waals surface area contributed by atoms with Gasteiger partial charge < -0.3 is 4.74 Å². The van der Waals surface area contributed by atoms with Gasteiger partial charge >= 0.3 is 6.09 Å². The summed E-state index contributed by atoms with van der Waals surface area (Å²) in [5.74, 6) is 6.22. The molecule has 0 radical (unpaired) electrons. The standard InChI is InChI=1S/C21H20N2O2/c24-21-23(13-7-12-17-8-3-1-4-9-17)19-15-22(16-20(19)25-21)14-18-10-5-2-6-11-18/h1-6,8-11,19-20H,13-16H2/t19-,20+/m1/s1. The van der Waals surface area contributed by atoms with Crippen molar-refractivity contribution < 1.29 is 9.53 Å². The summed E-state index contributed by atoms with van der Waals surface area (Å²) in [7, 11) is 0. The fraction of sp³-hybridized carbons (Fsp3) is 0.286. The summed E-state index contributed by atoms with van der Waals surface area (Å²) in [6.07, 6.45) is -0.286. The number of benzene rings is 2. The van der Waals surface area contributed by atoms with Crippen LogP contribution in [0.3, 0.4) is 0 Å². The van der Waals surface area contributed by atoms with Gasteiger partial charge in [-0.2, -0.15) is 0 Å². The predicted molar refractivity (Wildman–Crippen MR) is 95.8 cm³/mol. The van der Waals surface area contributed by atoms with Gasteiger partial charge in [0.2, 0.25) is 0 Å². The van der Waals surface area contributed by atoms with Crippen molar-refractivity contribution in [3.63, 3.8) is 0 Å². The quantitative estimate of drug-likeness (QED) is 0.810. The third-order valence-corrected chi connectivity index (χ3v) is 4.70. The maximum Gasteiger partial charge on any atom is 0.411 e. The summed E-state index contributed by atoms with van der Waals surface area (Å²) in [5, 5.41) is 0. The van der Waals surface area contributed by atoms with Crippen molar-refractivity contribution in [3.8, 4) is 11.8 Å². The molecule has 2 fully saturated rings. The number of likely N-dealkylation sites (tertiary alicyclic amines) is 1. The molecule has 25 heavy (non-hydrogen) atoms. The molecule has 0 aliphatic carbocycles. The number of nitrogens with zero attached hydrogens (tertiary/aromatic N) is 2. The molecule has 0 saturated carbocycles. The first-order chi connectivity index (χ1) is 12.3. The zero-order valence-electron chi connectivity index (χ0n) is 14.0. The van der Waals surface area contributed by atoms with Crippen molar-refractivity contribution in [3.05, 3.63) is 71.8 Å². The molecule has 126 valence electrons. The number of fused-ring (bicyclic) bond motifs is 1. The van der Waals surface area contributed by atoms with E-state index in [4.69, 9.17) is 4.74 Å². The normalized spacial score (nSPS) is 22.2. The maximum absolute atomic E-state index is 12.1. The van der Waals surface area contributed by atoms with Crippen molar-refractivity contribution >= 4 is 6.09 Å². The summed E-state index contributed by atoms with van der Waals surface area (Å²) in [6.45, 7) is 2.91. The minimum atomic E-state index is -0.239. The molecule has 2 aromatic carbocycles. The second-order valence-corrected chi connectivity index (χ2v) is 6.46. The van der Waals surface area contributed by atoms with E-state index in [0.29, 0.717) is 6.54 Å². The van der Waals surface area contributed by atoms with Gasteiger partial charge in [0.25, 0.3) is 0 Å². The minimum Gasteiger partial charge on any atom is -0.442 e. The lowest BCUT2D eigenvalue weighted by atomic mass is 10.2. The molecule has 0 N–H and O–H groups in total. The number of carbonyl (C=O) groups is 1. The van der Waals surface area contributed by atoms with Gasteiger partial charge in [-0.1, -0.05) is 60.4 Å². The lowest BCUT2D eigenvalue weighted by Gasteiger charge is -2.20. The highest BCUT2D eigenvalue weighted by Gasteiger charge is 2.47. The highest BCUT2D eigenvalue weighted by Crippen LogP contribution is 2.27. The van der Waals surface area contributed by atoms with Gasteiger partial charge in [0.15, 0.2) is 0 Å². The van der Waals surface area contributed by atoms with Crippen LogP contribution in [0.2, 0.25) is 0 Å². The number of ether oxygens (including phenoxy) is 1. The van der Waals surface area contributed by atoms with Gasteiger partial charge in [-0.05, 0) is 17.7 Å². The van der Waals surface area contributed by atoms with E-state index >= 15 is 0 Å². The smallest absolute Gasteiger partial charge is 0.411 e. The van der Waals surface area contributed by atoms with Crippen LogP contribution in [-0.4, -0.2) is 47.7 Å². The maximum atomic E-state index is 12.1. The average molecular weight is 332 g/mol. The minimum absolute atomic E-state index is 0.0465. The van der Waals surface area contributed by atoms with Crippen LogP contribution in [0.5, 0.6) is 0 Å². The topological polar surface area (TPSA) is 32.8 Å². The monoisotopic (exact) mass is 332 g/mol. The van der Waals surface area contributed by atoms with E-state index in [-0.39, 0.29) is 18.2 Å². The van der Waals surface area contributed by atoms with E-state index in [1.165, 1.54) is 5.56 Å². The zero-order valence-corrected chi connectivity index (χ0v) is 14.0. The first-order valence-corrected chi connectivity index (χ1v) is 8.57. The molecular formula is C21H20N2O2. The van der Waals surface area contributed by atoms with Crippen LogP contribution in [0.4, 0.5) is 4.79 Å². The Morgan fingerprint density at radius 3 is 2.48 bits per heavy atom. The van der Waals surface area contributed by atoms with Crippen LogP contribution in [0.25, 0.3) is 0 Å². The predicted octanol–water partition coefficient (Wildman–Crippen LogP) is 2.74. The first-order valence-electron chi connectivity index (χ1n) is 8.57. The number of amides is 1. The molecule has 2 atom stereocenters. The number of hydrogen-bond acceptors (Lipinski definition) is 3. The van der Waals surface area contributed by atoms with E-state index < -0.39 is 0 Å². The molecule has 0 unspecified atom stereocenters. The van der Waals surface area contributed by atoms with Crippen LogP contribution in [0, 0.1) is 11.8 Å². The van der Waals surface area contributed by atoms with E-state index in [2.05, 4.69) is 41.0 Å². The van der Waals surface area contributed by atoms with E-state index in [9.17, 15) is 4.79 Å². The van der Waals surface area contributed by atoms with E-state index in [1.807, 2.05) is 36.4 Å². The van der Waals surface area contributed by atoms with Crippen LogP contribution in [0.1, 0.15) is 11.1 Å². The van der Waals surface area contributed by atoms with Crippen molar-refractivity contribution in [2.75, 3.05) is 19.6 Å². The highest BCUT2D eigenvalue weighted by atomic mass is 16.6. The Labute approximate surface area is 148 Å². The fourth-order valence-electron chi connectivity index (χ4n) is 3.48. The van der Waals surface area contributed by atoms with E-state index in [1.54, 1.807) is 4.90 Å². The summed E-state index contributed by atoms with van der Waals surface area (Å²) < 4.78 is 5.55. The molecule has 2 aromatic rings. The Kier molecular flexibility index (Phi) is 4.41. The third-order valence-electron chi connectivity index (χ3n) is 4.70. The Morgan fingerprint density at radius 1 is 1.00 bits per heavy atom. The van der Waals surface area contributed by atoms with Crippen molar-refractivity contribution in [2.45, 2.75) is 18.7 Å². The van der Waals surface area contributed by atoms with Gasteiger partial charge in [0, 0.05) is 25.2 Å². The molecule has 4 heteroatoms. The highest BCUT2D eigenvalue weighted by molar-refractivity contribution is 5.71. The lowest BCUT2D eigenvalue weighted by Crippen LogP contribution is -2.38. The third kappa shape index (κ3) is 3.52. The summed E-state index contributed by atoms with van der Waals surface area (Å²) in [5.41, 5.74) is 2.24. The Bertz CT molecular complexity index is 795. The number of hydrogen-bond donors (Lipinski definition) is 0. The molecule has 1 amide bonds. The Morgan fingerprint density at radius 2 is 1.72 bits per heavy atom. The lowest BCUT2D eigenvalue weighted by molar-refractivity contribution is 0.121.